The zero-order chi connectivity index (χ0) is 26.4. The van der Waals surface area contributed by atoms with E-state index in [2.05, 4.69) is 27.9 Å². The molecule has 2 fully saturated rings. The van der Waals surface area contributed by atoms with Crippen LogP contribution in [0.3, 0.4) is 0 Å². The fourth-order valence-corrected chi connectivity index (χ4v) is 5.03. The quantitative estimate of drug-likeness (QED) is 0.353. The van der Waals surface area contributed by atoms with Crippen molar-refractivity contribution in [1.82, 2.24) is 29.4 Å². The maximum Gasteiger partial charge on any atom is 0.253 e. The zero-order valence-electron chi connectivity index (χ0n) is 21.2. The molecule has 0 bridgehead atoms. The lowest BCUT2D eigenvalue weighted by atomic mass is 10.1. The summed E-state index contributed by atoms with van der Waals surface area (Å²) in [5.41, 5.74) is 4.03. The normalized spacial score (nSPS) is 17.9. The lowest BCUT2D eigenvalue weighted by molar-refractivity contribution is 0.0790. The van der Waals surface area contributed by atoms with Gasteiger partial charge in [-0.15, -0.1) is 0 Å². The number of hydrogen-bond donors (Lipinski definition) is 0. The molecule has 4 heterocycles. The van der Waals surface area contributed by atoms with Crippen molar-refractivity contribution in [2.75, 3.05) is 13.1 Å². The van der Waals surface area contributed by atoms with E-state index in [1.54, 1.807) is 23.2 Å². The van der Waals surface area contributed by atoms with Crippen LogP contribution in [0.2, 0.25) is 5.02 Å². The second-order valence-electron chi connectivity index (χ2n) is 10.3. The first-order valence-corrected chi connectivity index (χ1v) is 13.0. The van der Waals surface area contributed by atoms with E-state index in [4.69, 9.17) is 21.3 Å². The van der Waals surface area contributed by atoms with E-state index in [-0.39, 0.29) is 17.4 Å². The Hall–Kier alpha value is -4.03. The summed E-state index contributed by atoms with van der Waals surface area (Å²) in [6.07, 6.45) is 5.89. The minimum atomic E-state index is -0.233. The number of likely N-dealkylation sites (tertiary alicyclic amines) is 1. The van der Waals surface area contributed by atoms with Crippen LogP contribution in [0.25, 0.3) is 22.6 Å². The van der Waals surface area contributed by atoms with Gasteiger partial charge in [0.1, 0.15) is 17.8 Å². The molecule has 0 unspecified atom stereocenters. The SMILES string of the molecule is Cc1ccnc(Cn2c(-c3ccc(C(=O)N4CC[C@@H](C#N)C4)cc3Cl)nc3c(OC4(C)CC4)ncnc32)c1. The third kappa shape index (κ3) is 4.56. The molecule has 1 atom stereocenters. The second kappa shape index (κ2) is 9.37. The first-order chi connectivity index (χ1) is 18.3. The van der Waals surface area contributed by atoms with Crippen molar-refractivity contribution in [2.24, 2.45) is 5.92 Å². The van der Waals surface area contributed by atoms with Gasteiger partial charge in [-0.1, -0.05) is 11.6 Å². The Morgan fingerprint density at radius 2 is 2.08 bits per heavy atom. The Labute approximate surface area is 225 Å². The number of halogens is 1. The molecule has 9 nitrogen and oxygen atoms in total. The molecule has 4 aromatic rings. The summed E-state index contributed by atoms with van der Waals surface area (Å²) in [4.78, 5) is 33.2. The number of aromatic nitrogens is 5. The average Bonchev–Trinajstić information content (AvgIpc) is 3.28. The summed E-state index contributed by atoms with van der Waals surface area (Å²) in [5, 5.41) is 9.59. The van der Waals surface area contributed by atoms with Gasteiger partial charge in [0.15, 0.2) is 11.2 Å². The van der Waals surface area contributed by atoms with Crippen LogP contribution in [-0.4, -0.2) is 54.0 Å². The summed E-state index contributed by atoms with van der Waals surface area (Å²) in [6.45, 7) is 5.50. The predicted octanol–water partition coefficient (Wildman–Crippen LogP) is 4.82. The zero-order valence-corrected chi connectivity index (χ0v) is 21.9. The number of carbonyl (C=O) groups excluding carboxylic acids is 1. The maximum absolute atomic E-state index is 13.1. The summed E-state index contributed by atoms with van der Waals surface area (Å²) in [6, 6.07) is 11.5. The van der Waals surface area contributed by atoms with E-state index < -0.39 is 0 Å². The van der Waals surface area contributed by atoms with E-state index >= 15 is 0 Å². The van der Waals surface area contributed by atoms with Crippen molar-refractivity contribution < 1.29 is 9.53 Å². The lowest BCUT2D eigenvalue weighted by Gasteiger charge is -2.16. The molecule has 1 aliphatic heterocycles. The molecule has 1 aliphatic carbocycles. The van der Waals surface area contributed by atoms with Crippen LogP contribution in [-0.2, 0) is 6.54 Å². The fourth-order valence-electron chi connectivity index (χ4n) is 4.77. The highest BCUT2D eigenvalue weighted by atomic mass is 35.5. The Kier molecular flexibility index (Phi) is 6.00. The van der Waals surface area contributed by atoms with Crippen molar-refractivity contribution in [2.45, 2.75) is 45.3 Å². The van der Waals surface area contributed by atoms with Gasteiger partial charge in [0.05, 0.1) is 29.2 Å². The van der Waals surface area contributed by atoms with Crippen LogP contribution < -0.4 is 4.74 Å². The van der Waals surface area contributed by atoms with Gasteiger partial charge >= 0.3 is 0 Å². The highest BCUT2D eigenvalue weighted by molar-refractivity contribution is 6.33. The maximum atomic E-state index is 13.1. The van der Waals surface area contributed by atoms with Crippen molar-refractivity contribution in [3.8, 4) is 23.3 Å². The molecule has 0 radical (unpaired) electrons. The molecular formula is C28H26ClN7O2. The van der Waals surface area contributed by atoms with Gasteiger partial charge in [0, 0.05) is 30.4 Å². The van der Waals surface area contributed by atoms with Crippen molar-refractivity contribution >= 4 is 28.7 Å². The number of hydrogen-bond acceptors (Lipinski definition) is 7. The Balaban J connectivity index is 1.42. The number of imidazole rings is 1. The number of carbonyl (C=O) groups is 1. The predicted molar refractivity (Wildman–Crippen MR) is 142 cm³/mol. The highest BCUT2D eigenvalue weighted by Crippen LogP contribution is 2.41. The third-order valence-electron chi connectivity index (χ3n) is 7.20. The standard InChI is InChI=1S/C28H26ClN7O2/c1-17-5-9-31-20(11-17)15-36-24(34-23-25(36)32-16-33-26(23)38-28(2)7-8-28)21-4-3-19(12-22(21)29)27(37)35-10-6-18(13-30)14-35/h3-5,9,11-12,16,18H,6-8,10,14-15H2,1-2H3/t18-/m0/s1. The van der Waals surface area contributed by atoms with E-state index in [9.17, 15) is 10.1 Å². The van der Waals surface area contributed by atoms with Gasteiger partial charge in [-0.05, 0) is 69.0 Å². The molecule has 1 amide bonds. The molecule has 0 spiro atoms. The van der Waals surface area contributed by atoms with Crippen LogP contribution in [0.15, 0.2) is 42.9 Å². The summed E-state index contributed by atoms with van der Waals surface area (Å²) < 4.78 is 8.17. The number of rotatable bonds is 6. The molecule has 38 heavy (non-hydrogen) atoms. The van der Waals surface area contributed by atoms with E-state index in [0.717, 1.165) is 24.1 Å². The minimum absolute atomic E-state index is 0.126. The molecule has 10 heteroatoms. The number of nitriles is 1. The highest BCUT2D eigenvalue weighted by Gasteiger charge is 2.41. The number of nitrogens with zero attached hydrogens (tertiary/aromatic N) is 7. The Bertz CT molecular complexity index is 1600. The molecule has 2 aliphatic rings. The lowest BCUT2D eigenvalue weighted by Crippen LogP contribution is -2.28. The molecule has 1 saturated carbocycles. The van der Waals surface area contributed by atoms with E-state index in [1.165, 1.54) is 6.33 Å². The van der Waals surface area contributed by atoms with Gasteiger partial charge in [0.25, 0.3) is 5.91 Å². The summed E-state index contributed by atoms with van der Waals surface area (Å²) >= 11 is 6.80. The molecule has 192 valence electrons. The van der Waals surface area contributed by atoms with E-state index in [1.807, 2.05) is 29.7 Å². The minimum Gasteiger partial charge on any atom is -0.470 e. The number of fused-ring (bicyclic) bond motifs is 1. The van der Waals surface area contributed by atoms with Gasteiger partial charge < -0.3 is 14.2 Å². The molecule has 0 N–H and O–H groups in total. The fraction of sp³-hybridized carbons (Fsp3) is 0.357. The molecule has 3 aromatic heterocycles. The number of pyridine rings is 1. The first kappa shape index (κ1) is 24.3. The average molecular weight is 528 g/mol. The van der Waals surface area contributed by atoms with Gasteiger partial charge in [-0.2, -0.15) is 10.2 Å². The molecule has 6 rings (SSSR count). The van der Waals surface area contributed by atoms with Crippen LogP contribution in [0.4, 0.5) is 0 Å². The van der Waals surface area contributed by atoms with Gasteiger partial charge in [0.2, 0.25) is 5.88 Å². The number of aryl methyl sites for hydroxylation is 1. The van der Waals surface area contributed by atoms with Crippen molar-refractivity contribution in [3.63, 3.8) is 0 Å². The number of amides is 1. The smallest absolute Gasteiger partial charge is 0.253 e. The van der Waals surface area contributed by atoms with E-state index in [0.29, 0.717) is 65.1 Å². The number of benzene rings is 1. The summed E-state index contributed by atoms with van der Waals surface area (Å²) in [7, 11) is 0. The van der Waals surface area contributed by atoms with Gasteiger partial charge in [-0.25, -0.2) is 9.97 Å². The van der Waals surface area contributed by atoms with Crippen LogP contribution in [0.5, 0.6) is 5.88 Å². The summed E-state index contributed by atoms with van der Waals surface area (Å²) in [5.74, 6) is 0.771. The van der Waals surface area contributed by atoms with Crippen LogP contribution in [0, 0.1) is 24.2 Å². The van der Waals surface area contributed by atoms with Crippen LogP contribution >= 0.6 is 11.6 Å². The van der Waals surface area contributed by atoms with Gasteiger partial charge in [-0.3, -0.25) is 9.78 Å². The van der Waals surface area contributed by atoms with Crippen molar-refractivity contribution in [3.05, 3.63) is 64.7 Å². The largest absolute Gasteiger partial charge is 0.470 e. The molecule has 1 aromatic carbocycles. The number of ether oxygens (including phenoxy) is 1. The Morgan fingerprint density at radius 3 is 2.79 bits per heavy atom. The van der Waals surface area contributed by atoms with Crippen molar-refractivity contribution in [1.29, 1.82) is 5.26 Å². The second-order valence-corrected chi connectivity index (χ2v) is 10.7. The van der Waals surface area contributed by atoms with Crippen LogP contribution in [0.1, 0.15) is 47.8 Å². The third-order valence-corrected chi connectivity index (χ3v) is 7.52. The monoisotopic (exact) mass is 527 g/mol. The molecule has 1 saturated heterocycles. The first-order valence-electron chi connectivity index (χ1n) is 12.6. The topological polar surface area (TPSA) is 110 Å². The Morgan fingerprint density at radius 1 is 1.24 bits per heavy atom. The molecular weight excluding hydrogens is 502 g/mol.